The highest BCUT2D eigenvalue weighted by atomic mass is 35.5. The highest BCUT2D eigenvalue weighted by Crippen LogP contribution is 2.21. The third-order valence-electron chi connectivity index (χ3n) is 2.80. The molecule has 23 heavy (non-hydrogen) atoms. The Morgan fingerprint density at radius 2 is 2.35 bits per heavy atom. The second kappa shape index (κ2) is 6.64. The predicted molar refractivity (Wildman–Crippen MR) is 86.3 cm³/mol. The van der Waals surface area contributed by atoms with Crippen molar-refractivity contribution < 1.29 is 4.79 Å². The van der Waals surface area contributed by atoms with Crippen LogP contribution in [0, 0.1) is 11.3 Å². The van der Waals surface area contributed by atoms with Gasteiger partial charge in [-0.05, 0) is 24.3 Å². The maximum absolute atomic E-state index is 11.9. The van der Waals surface area contributed by atoms with E-state index in [1.165, 1.54) is 17.8 Å². The normalized spacial score (nSPS) is 10.4. The summed E-state index contributed by atoms with van der Waals surface area (Å²) in [6.45, 7) is 0. The molecule has 0 bridgehead atoms. The SMILES string of the molecule is N#Cc1ccc(NC(=O)CSc2nc3ncccn3n2)cc1Cl. The van der Waals surface area contributed by atoms with Gasteiger partial charge in [0, 0.05) is 18.1 Å². The van der Waals surface area contributed by atoms with Crippen LogP contribution < -0.4 is 5.32 Å². The molecule has 1 amide bonds. The number of fused-ring (bicyclic) bond motifs is 1. The van der Waals surface area contributed by atoms with Crippen LogP contribution in [0.25, 0.3) is 5.78 Å². The monoisotopic (exact) mass is 344 g/mol. The van der Waals surface area contributed by atoms with Crippen LogP contribution in [0.3, 0.4) is 0 Å². The van der Waals surface area contributed by atoms with Gasteiger partial charge in [-0.25, -0.2) is 9.50 Å². The summed E-state index contributed by atoms with van der Waals surface area (Å²) in [5.74, 6) is 0.408. The van der Waals surface area contributed by atoms with Gasteiger partial charge in [-0.3, -0.25) is 4.79 Å². The number of rotatable bonds is 4. The first kappa shape index (κ1) is 15.3. The van der Waals surface area contributed by atoms with Crippen LogP contribution in [-0.2, 0) is 4.79 Å². The van der Waals surface area contributed by atoms with Crippen molar-refractivity contribution in [3.05, 3.63) is 47.2 Å². The molecule has 0 fully saturated rings. The maximum Gasteiger partial charge on any atom is 0.253 e. The molecule has 0 unspecified atom stereocenters. The molecule has 2 aromatic heterocycles. The fraction of sp³-hybridized carbons (Fsp3) is 0.0714. The van der Waals surface area contributed by atoms with E-state index in [9.17, 15) is 4.79 Å². The van der Waals surface area contributed by atoms with Crippen molar-refractivity contribution in [2.24, 2.45) is 0 Å². The van der Waals surface area contributed by atoms with Crippen LogP contribution >= 0.6 is 23.4 Å². The minimum atomic E-state index is -0.220. The molecule has 2 heterocycles. The highest BCUT2D eigenvalue weighted by molar-refractivity contribution is 7.99. The van der Waals surface area contributed by atoms with E-state index >= 15 is 0 Å². The average Bonchev–Trinajstić information content (AvgIpc) is 2.96. The lowest BCUT2D eigenvalue weighted by Gasteiger charge is -2.05. The van der Waals surface area contributed by atoms with Gasteiger partial charge in [0.25, 0.3) is 5.78 Å². The highest BCUT2D eigenvalue weighted by Gasteiger charge is 2.09. The van der Waals surface area contributed by atoms with Crippen LogP contribution in [-0.4, -0.2) is 31.2 Å². The van der Waals surface area contributed by atoms with E-state index in [2.05, 4.69) is 20.4 Å². The summed E-state index contributed by atoms with van der Waals surface area (Å²) >= 11 is 7.13. The van der Waals surface area contributed by atoms with Crippen LogP contribution in [0.5, 0.6) is 0 Å². The molecule has 7 nitrogen and oxygen atoms in total. The fourth-order valence-corrected chi connectivity index (χ4v) is 2.63. The minimum Gasteiger partial charge on any atom is -0.325 e. The van der Waals surface area contributed by atoms with Gasteiger partial charge < -0.3 is 5.32 Å². The Morgan fingerprint density at radius 3 is 3.09 bits per heavy atom. The molecule has 3 rings (SSSR count). The van der Waals surface area contributed by atoms with Gasteiger partial charge in [-0.15, -0.1) is 5.10 Å². The molecule has 114 valence electrons. The van der Waals surface area contributed by atoms with Crippen molar-refractivity contribution in [2.45, 2.75) is 5.16 Å². The summed E-state index contributed by atoms with van der Waals surface area (Å²) in [7, 11) is 0. The molecule has 3 aromatic rings. The molecule has 0 saturated heterocycles. The third kappa shape index (κ3) is 3.59. The molecule has 1 aromatic carbocycles. The van der Waals surface area contributed by atoms with Crippen molar-refractivity contribution in [1.82, 2.24) is 19.6 Å². The number of aromatic nitrogens is 4. The largest absolute Gasteiger partial charge is 0.325 e. The second-order valence-electron chi connectivity index (χ2n) is 4.40. The number of thioether (sulfide) groups is 1. The Balaban J connectivity index is 1.61. The second-order valence-corrected chi connectivity index (χ2v) is 5.75. The molecule has 0 spiro atoms. The number of nitriles is 1. The summed E-state index contributed by atoms with van der Waals surface area (Å²) < 4.78 is 1.54. The number of amides is 1. The average molecular weight is 345 g/mol. The fourth-order valence-electron chi connectivity index (χ4n) is 1.79. The molecule has 0 aliphatic carbocycles. The number of hydrogen-bond acceptors (Lipinski definition) is 6. The van der Waals surface area contributed by atoms with Gasteiger partial charge in [0.15, 0.2) is 0 Å². The van der Waals surface area contributed by atoms with Crippen LogP contribution in [0.1, 0.15) is 5.56 Å². The summed E-state index contributed by atoms with van der Waals surface area (Å²) in [6.07, 6.45) is 3.36. The molecule has 0 saturated carbocycles. The Morgan fingerprint density at radius 1 is 1.48 bits per heavy atom. The molecule has 0 atom stereocenters. The lowest BCUT2D eigenvalue weighted by molar-refractivity contribution is -0.113. The number of anilines is 1. The van der Waals surface area contributed by atoms with Crippen molar-refractivity contribution in [2.75, 3.05) is 11.1 Å². The van der Waals surface area contributed by atoms with E-state index in [4.69, 9.17) is 16.9 Å². The van der Waals surface area contributed by atoms with Crippen molar-refractivity contribution in [1.29, 1.82) is 5.26 Å². The van der Waals surface area contributed by atoms with Gasteiger partial charge in [-0.1, -0.05) is 23.4 Å². The van der Waals surface area contributed by atoms with Crippen molar-refractivity contribution in [3.63, 3.8) is 0 Å². The Hall–Kier alpha value is -2.63. The van der Waals surface area contributed by atoms with E-state index in [1.807, 2.05) is 6.07 Å². The Labute approximate surface area is 140 Å². The summed E-state index contributed by atoms with van der Waals surface area (Å²) in [5.41, 5.74) is 0.893. The van der Waals surface area contributed by atoms with Crippen LogP contribution in [0.15, 0.2) is 41.8 Å². The molecular weight excluding hydrogens is 336 g/mol. The Bertz CT molecular complexity index is 886. The summed E-state index contributed by atoms with van der Waals surface area (Å²) in [4.78, 5) is 20.2. The number of carbonyl (C=O) groups is 1. The first-order chi connectivity index (χ1) is 11.2. The minimum absolute atomic E-state index is 0.147. The molecule has 0 aliphatic heterocycles. The first-order valence-corrected chi connectivity index (χ1v) is 7.82. The van der Waals surface area contributed by atoms with E-state index in [1.54, 1.807) is 35.1 Å². The van der Waals surface area contributed by atoms with Crippen molar-refractivity contribution >= 4 is 40.7 Å². The van der Waals surface area contributed by atoms with Gasteiger partial charge in [0.1, 0.15) is 6.07 Å². The topological polar surface area (TPSA) is 96.0 Å². The van der Waals surface area contributed by atoms with Crippen LogP contribution in [0.2, 0.25) is 5.02 Å². The zero-order valence-corrected chi connectivity index (χ0v) is 13.2. The molecule has 0 radical (unpaired) electrons. The Kier molecular flexibility index (Phi) is 4.41. The lowest BCUT2D eigenvalue weighted by Crippen LogP contribution is -2.14. The quantitative estimate of drug-likeness (QED) is 0.730. The first-order valence-electron chi connectivity index (χ1n) is 6.45. The van der Waals surface area contributed by atoms with Gasteiger partial charge in [0.2, 0.25) is 11.1 Å². The number of hydrogen-bond donors (Lipinski definition) is 1. The van der Waals surface area contributed by atoms with E-state index in [0.717, 1.165) is 0 Å². The smallest absolute Gasteiger partial charge is 0.253 e. The molecule has 0 aliphatic rings. The van der Waals surface area contributed by atoms with Crippen molar-refractivity contribution in [3.8, 4) is 6.07 Å². The predicted octanol–water partition coefficient (Wildman–Crippen LogP) is 2.38. The number of benzene rings is 1. The van der Waals surface area contributed by atoms with E-state index in [0.29, 0.717) is 27.2 Å². The van der Waals surface area contributed by atoms with Gasteiger partial charge >= 0.3 is 0 Å². The third-order valence-corrected chi connectivity index (χ3v) is 3.95. The summed E-state index contributed by atoms with van der Waals surface area (Å²) in [5, 5.41) is 16.5. The zero-order chi connectivity index (χ0) is 16.2. The molecular formula is C14H9ClN6OS. The zero-order valence-electron chi connectivity index (χ0n) is 11.6. The van der Waals surface area contributed by atoms with Gasteiger partial charge in [0.05, 0.1) is 16.3 Å². The summed E-state index contributed by atoms with van der Waals surface area (Å²) in [6, 6.07) is 8.43. The number of nitrogens with zero attached hydrogens (tertiary/aromatic N) is 5. The van der Waals surface area contributed by atoms with E-state index in [-0.39, 0.29) is 11.7 Å². The van der Waals surface area contributed by atoms with Gasteiger partial charge in [-0.2, -0.15) is 10.2 Å². The molecule has 1 N–H and O–H groups in total. The number of nitrogens with one attached hydrogen (secondary N) is 1. The molecule has 9 heteroatoms. The van der Waals surface area contributed by atoms with Crippen LogP contribution in [0.4, 0.5) is 5.69 Å². The number of halogens is 1. The number of carbonyl (C=O) groups excluding carboxylic acids is 1. The standard InChI is InChI=1S/C14H9ClN6OS/c15-11-6-10(3-2-9(11)7-16)18-12(22)8-23-14-19-13-17-4-1-5-21(13)20-14/h1-6H,8H2,(H,18,22). The van der Waals surface area contributed by atoms with E-state index < -0.39 is 0 Å². The lowest BCUT2D eigenvalue weighted by atomic mass is 10.2. The maximum atomic E-state index is 11.9.